The molecule has 0 spiro atoms. The molecule has 1 aliphatic heterocycles. The number of aliphatic hydroxyl groups is 1. The Labute approximate surface area is 363 Å². The number of aryl methyl sites for hydroxylation is 2. The quantitative estimate of drug-likeness (QED) is 0.0408. The van der Waals surface area contributed by atoms with Gasteiger partial charge in [0.2, 0.25) is 15.4 Å². The Bertz CT molecular complexity index is 2520. The highest BCUT2D eigenvalue weighted by Crippen LogP contribution is 2.31. The van der Waals surface area contributed by atoms with E-state index in [-0.39, 0.29) is 45.1 Å². The smallest absolute Gasteiger partial charge is 0.251 e. The molecular weight excluding hydrogens is 805 g/mol. The normalized spacial score (nSPS) is 16.9. The van der Waals surface area contributed by atoms with Crippen LogP contribution in [0.5, 0.6) is 11.5 Å². The average Bonchev–Trinajstić information content (AvgIpc) is 3.56. The van der Waals surface area contributed by atoms with Crippen LogP contribution in [-0.2, 0) is 21.2 Å². The number of anilines is 1. The highest BCUT2D eigenvalue weighted by atomic mass is 32.2. The van der Waals surface area contributed by atoms with Gasteiger partial charge in [-0.2, -0.15) is 0 Å². The number of piperazine rings is 1. The summed E-state index contributed by atoms with van der Waals surface area (Å²) in [6, 6.07) is 20.2. The van der Waals surface area contributed by atoms with E-state index in [0.717, 1.165) is 54.9 Å². The number of phenolic OH excluding ortho intramolecular Hbond substituents is 1. The van der Waals surface area contributed by atoms with Crippen LogP contribution in [0.25, 0.3) is 10.9 Å². The summed E-state index contributed by atoms with van der Waals surface area (Å²) < 4.78 is 33.0. The van der Waals surface area contributed by atoms with E-state index in [2.05, 4.69) is 37.3 Å². The number of fused-ring (bicyclic) bond motifs is 1. The number of sulfone groups is 1. The number of amides is 1. The summed E-state index contributed by atoms with van der Waals surface area (Å²) in [5, 5.41) is 27.8. The maximum absolute atomic E-state index is 13.7. The lowest BCUT2D eigenvalue weighted by atomic mass is 10.0. The molecule has 62 heavy (non-hydrogen) atoms. The number of aromatic nitrogens is 2. The van der Waals surface area contributed by atoms with Gasteiger partial charge >= 0.3 is 0 Å². The van der Waals surface area contributed by atoms with Gasteiger partial charge in [0.15, 0.2) is 5.03 Å². The van der Waals surface area contributed by atoms with Crippen molar-refractivity contribution in [2.45, 2.75) is 100 Å². The lowest BCUT2D eigenvalue weighted by molar-refractivity contribution is -0.112. The van der Waals surface area contributed by atoms with Crippen LogP contribution in [0.4, 0.5) is 5.69 Å². The molecule has 7 rings (SSSR count). The summed E-state index contributed by atoms with van der Waals surface area (Å²) in [6.45, 7) is 10.8. The predicted octanol–water partition coefficient (Wildman–Crippen LogP) is 7.22. The van der Waals surface area contributed by atoms with Crippen LogP contribution in [0.15, 0.2) is 106 Å². The van der Waals surface area contributed by atoms with Crippen LogP contribution in [-0.4, -0.2) is 83.1 Å². The number of benzene rings is 3. The number of ether oxygens (including phenoxy) is 1. The molecule has 2 atom stereocenters. The molecule has 2 fully saturated rings. The van der Waals surface area contributed by atoms with Crippen LogP contribution in [0, 0.1) is 13.8 Å². The Kier molecular flexibility index (Phi) is 14.6. The van der Waals surface area contributed by atoms with E-state index in [9.17, 15) is 28.2 Å². The standard InChI is InChI=1S/C48H58N6O7S/c1-4-42(54-23-21-53(22-24-54)36-10-7-5-6-8-11-36)34-14-19-47(50-29-34)62(59,60)38-13-9-12-37(28-38)61-25-20-46(58)51-35-26-32(2)41(33(3)27-35)30-49-31-44(56)39-15-17-43(55)48-40(39)16-18-45(57)52-48/h9,12-20,25-29,36,42,44,49,55-56H,4-8,10-11,21-24,30-31H2,1-3H3,(H,51,58)(H,52,57)/t42-,44-/m0/s1. The van der Waals surface area contributed by atoms with Gasteiger partial charge in [0.05, 0.1) is 22.8 Å². The van der Waals surface area contributed by atoms with E-state index in [1.54, 1.807) is 36.5 Å². The Morgan fingerprint density at radius 3 is 2.40 bits per heavy atom. The third kappa shape index (κ3) is 10.6. The summed E-state index contributed by atoms with van der Waals surface area (Å²) in [5.74, 6) is -0.247. The first-order valence-electron chi connectivity index (χ1n) is 21.7. The topological polar surface area (TPSA) is 177 Å². The Morgan fingerprint density at radius 2 is 1.71 bits per heavy atom. The molecule has 1 aliphatic carbocycles. The molecular formula is C48H58N6O7S. The first kappa shape index (κ1) is 44.7. The van der Waals surface area contributed by atoms with Crippen LogP contribution in [0.2, 0.25) is 0 Å². The summed E-state index contributed by atoms with van der Waals surface area (Å²) in [5.41, 5.74) is 4.98. The van der Waals surface area contributed by atoms with E-state index >= 15 is 0 Å². The van der Waals surface area contributed by atoms with Crippen molar-refractivity contribution in [2.24, 2.45) is 0 Å². The van der Waals surface area contributed by atoms with Gasteiger partial charge in [-0.25, -0.2) is 13.4 Å². The zero-order valence-electron chi connectivity index (χ0n) is 35.8. The number of hydrogen-bond acceptors (Lipinski definition) is 11. The largest absolute Gasteiger partial charge is 0.506 e. The number of carbonyl (C=O) groups is 1. The first-order chi connectivity index (χ1) is 29.9. The van der Waals surface area contributed by atoms with Crippen molar-refractivity contribution >= 4 is 32.3 Å². The molecule has 1 saturated heterocycles. The van der Waals surface area contributed by atoms with Gasteiger partial charge in [0, 0.05) is 80.8 Å². The van der Waals surface area contributed by atoms with Crippen molar-refractivity contribution in [3.05, 3.63) is 130 Å². The lowest BCUT2D eigenvalue weighted by Crippen LogP contribution is -2.51. The number of nitrogens with one attached hydrogen (secondary N) is 3. The molecule has 0 unspecified atom stereocenters. The number of H-pyrrole nitrogens is 1. The van der Waals surface area contributed by atoms with Crippen molar-refractivity contribution in [3.63, 3.8) is 0 Å². The molecule has 0 bridgehead atoms. The number of aliphatic hydroxyl groups excluding tert-OH is 1. The molecule has 0 radical (unpaired) electrons. The number of rotatable bonds is 15. The van der Waals surface area contributed by atoms with Gasteiger partial charge in [-0.05, 0) is 109 Å². The van der Waals surface area contributed by atoms with Gasteiger partial charge in [-0.15, -0.1) is 0 Å². The van der Waals surface area contributed by atoms with Gasteiger partial charge in [-0.1, -0.05) is 50.8 Å². The average molecular weight is 863 g/mol. The molecule has 5 N–H and O–H groups in total. The highest BCUT2D eigenvalue weighted by Gasteiger charge is 2.29. The van der Waals surface area contributed by atoms with Gasteiger partial charge in [-0.3, -0.25) is 19.4 Å². The van der Waals surface area contributed by atoms with Crippen molar-refractivity contribution in [1.29, 1.82) is 0 Å². The second-order valence-electron chi connectivity index (χ2n) is 16.5. The first-order valence-corrected chi connectivity index (χ1v) is 23.2. The minimum absolute atomic E-state index is 0.0336. The van der Waals surface area contributed by atoms with E-state index in [0.29, 0.717) is 29.2 Å². The molecule has 14 heteroatoms. The highest BCUT2D eigenvalue weighted by molar-refractivity contribution is 7.91. The van der Waals surface area contributed by atoms with Crippen molar-refractivity contribution in [2.75, 3.05) is 38.0 Å². The molecule has 1 amide bonds. The molecule has 2 aromatic heterocycles. The van der Waals surface area contributed by atoms with E-state index in [1.165, 1.54) is 75.1 Å². The van der Waals surface area contributed by atoms with Crippen LogP contribution in [0.1, 0.15) is 91.8 Å². The predicted molar refractivity (Wildman–Crippen MR) is 241 cm³/mol. The van der Waals surface area contributed by atoms with Crippen LogP contribution >= 0.6 is 0 Å². The molecule has 328 valence electrons. The fourth-order valence-electron chi connectivity index (χ4n) is 9.02. The SMILES string of the molecule is CC[C@@H](c1ccc(S(=O)(=O)c2cccc(OC=CC(=O)Nc3cc(C)c(CNC[C@H](O)c4ccc(O)c5[nH]c(=O)ccc45)c(C)c3)c2)nc1)N1CCN(C2CCCCCC2)CC1. The van der Waals surface area contributed by atoms with Gasteiger partial charge < -0.3 is 30.6 Å². The number of phenols is 1. The zero-order chi connectivity index (χ0) is 43.8. The van der Waals surface area contributed by atoms with Crippen molar-refractivity contribution in [1.82, 2.24) is 25.1 Å². The number of aromatic hydroxyl groups is 1. The Balaban J connectivity index is 0.904. The molecule has 13 nitrogen and oxygen atoms in total. The van der Waals surface area contributed by atoms with Crippen molar-refractivity contribution < 1.29 is 28.2 Å². The maximum Gasteiger partial charge on any atom is 0.251 e. The summed E-state index contributed by atoms with van der Waals surface area (Å²) >= 11 is 0. The number of aromatic amines is 1. The molecule has 3 aromatic carbocycles. The second kappa shape index (κ2) is 20.2. The van der Waals surface area contributed by atoms with E-state index in [1.807, 2.05) is 32.0 Å². The minimum Gasteiger partial charge on any atom is -0.506 e. The number of hydrogen-bond donors (Lipinski definition) is 5. The monoisotopic (exact) mass is 862 g/mol. The third-order valence-corrected chi connectivity index (χ3v) is 14.0. The molecule has 2 aliphatic rings. The van der Waals surface area contributed by atoms with Gasteiger partial charge in [0.25, 0.3) is 5.91 Å². The third-order valence-electron chi connectivity index (χ3n) is 12.3. The molecule has 1 saturated carbocycles. The van der Waals surface area contributed by atoms with Crippen LogP contribution < -0.4 is 20.9 Å². The van der Waals surface area contributed by atoms with Gasteiger partial charge in [0.1, 0.15) is 11.5 Å². The van der Waals surface area contributed by atoms with E-state index in [4.69, 9.17) is 4.74 Å². The van der Waals surface area contributed by atoms with E-state index < -0.39 is 21.8 Å². The fourth-order valence-corrected chi connectivity index (χ4v) is 10.2. The zero-order valence-corrected chi connectivity index (χ0v) is 36.6. The number of carbonyl (C=O) groups excluding carboxylic acids is 1. The number of pyridine rings is 2. The summed E-state index contributed by atoms with van der Waals surface area (Å²) in [7, 11) is -3.94. The maximum atomic E-state index is 13.7. The number of nitrogens with zero attached hydrogens (tertiary/aromatic N) is 3. The Morgan fingerprint density at radius 1 is 0.968 bits per heavy atom. The lowest BCUT2D eigenvalue weighted by Gasteiger charge is -2.42. The Hall–Kier alpha value is -5.38. The molecule has 5 aromatic rings. The summed E-state index contributed by atoms with van der Waals surface area (Å²) in [4.78, 5) is 36.9. The second-order valence-corrected chi connectivity index (χ2v) is 18.4. The molecule has 3 heterocycles. The fraction of sp³-hybridized carbons (Fsp3) is 0.396. The summed E-state index contributed by atoms with van der Waals surface area (Å²) in [6.07, 6.45) is 12.2. The van der Waals surface area contributed by atoms with Crippen LogP contribution in [0.3, 0.4) is 0 Å². The minimum atomic E-state index is -3.94. The van der Waals surface area contributed by atoms with Crippen molar-refractivity contribution in [3.8, 4) is 11.5 Å².